The van der Waals surface area contributed by atoms with Gasteiger partial charge in [-0.3, -0.25) is 9.52 Å². The van der Waals surface area contributed by atoms with E-state index in [4.69, 9.17) is 9.84 Å². The Kier molecular flexibility index (Phi) is 6.30. The Hall–Kier alpha value is -4.12. The van der Waals surface area contributed by atoms with Crippen LogP contribution in [0.3, 0.4) is 0 Å². The van der Waals surface area contributed by atoms with E-state index in [1.807, 2.05) is 0 Å². The number of benzene rings is 3. The Morgan fingerprint density at radius 1 is 1.00 bits per heavy atom. The summed E-state index contributed by atoms with van der Waals surface area (Å²) in [7, 11) is -4.09. The van der Waals surface area contributed by atoms with Gasteiger partial charge in [0.25, 0.3) is 10.0 Å². The van der Waals surface area contributed by atoms with Crippen LogP contribution in [-0.4, -0.2) is 30.5 Å². The number of aryl methyl sites for hydroxylation is 1. The Labute approximate surface area is 182 Å². The van der Waals surface area contributed by atoms with Crippen LogP contribution in [0.4, 0.5) is 15.8 Å². The number of sulfonamides is 1. The first-order valence-electron chi connectivity index (χ1n) is 8.99. The van der Waals surface area contributed by atoms with Crippen molar-refractivity contribution in [3.05, 3.63) is 72.0 Å². The molecule has 0 fully saturated rings. The quantitative estimate of drug-likeness (QED) is 0.326. The molecular weight excluding hydrogens is 443 g/mol. The molecule has 32 heavy (non-hydrogen) atoms. The van der Waals surface area contributed by atoms with Crippen LogP contribution in [0.1, 0.15) is 5.56 Å². The van der Waals surface area contributed by atoms with Crippen molar-refractivity contribution in [3.63, 3.8) is 0 Å². The molecule has 0 aliphatic rings. The number of hydrogen-bond acceptors (Lipinski definition) is 6. The molecule has 1 amide bonds. The minimum Gasteiger partial charge on any atom is -0.506 e. The number of phenols is 1. The van der Waals surface area contributed by atoms with Crippen molar-refractivity contribution < 1.29 is 37.3 Å². The first-order chi connectivity index (χ1) is 15.0. The van der Waals surface area contributed by atoms with Gasteiger partial charge in [0.05, 0.1) is 10.6 Å². The second kappa shape index (κ2) is 8.94. The lowest BCUT2D eigenvalue weighted by Crippen LogP contribution is -2.21. The summed E-state index contributed by atoms with van der Waals surface area (Å²) < 4.78 is 46.0. The molecule has 0 unspecified atom stereocenters. The zero-order chi connectivity index (χ0) is 23.5. The summed E-state index contributed by atoms with van der Waals surface area (Å²) in [4.78, 5) is 21.7. The van der Waals surface area contributed by atoms with Gasteiger partial charge in [-0.2, -0.15) is 0 Å². The van der Waals surface area contributed by atoms with Gasteiger partial charge in [0, 0.05) is 11.8 Å². The largest absolute Gasteiger partial charge is 0.506 e. The van der Waals surface area contributed by atoms with Crippen LogP contribution in [-0.2, 0) is 19.6 Å². The molecule has 9 nitrogen and oxygen atoms in total. The highest BCUT2D eigenvalue weighted by Crippen LogP contribution is 2.34. The van der Waals surface area contributed by atoms with E-state index in [-0.39, 0.29) is 27.8 Å². The molecule has 0 aliphatic heterocycles. The van der Waals surface area contributed by atoms with E-state index in [2.05, 4.69) is 10.0 Å². The molecule has 0 aromatic heterocycles. The summed E-state index contributed by atoms with van der Waals surface area (Å²) in [5, 5.41) is 20.9. The van der Waals surface area contributed by atoms with E-state index in [9.17, 15) is 27.5 Å². The lowest BCUT2D eigenvalue weighted by molar-refractivity contribution is -0.147. The highest BCUT2D eigenvalue weighted by atomic mass is 32.2. The number of carbonyl (C=O) groups is 2. The second-order valence-electron chi connectivity index (χ2n) is 6.58. The number of carboxylic acid groups (broad SMARTS) is 1. The number of carbonyl (C=O) groups excluding carboxylic acids is 1. The lowest BCUT2D eigenvalue weighted by Gasteiger charge is -2.14. The van der Waals surface area contributed by atoms with Crippen molar-refractivity contribution in [1.29, 1.82) is 0 Å². The highest BCUT2D eigenvalue weighted by Gasteiger charge is 2.17. The Balaban J connectivity index is 1.81. The van der Waals surface area contributed by atoms with E-state index >= 15 is 0 Å². The number of amides is 1. The maximum Gasteiger partial charge on any atom is 0.394 e. The highest BCUT2D eigenvalue weighted by molar-refractivity contribution is 7.92. The van der Waals surface area contributed by atoms with Crippen molar-refractivity contribution in [1.82, 2.24) is 0 Å². The lowest BCUT2D eigenvalue weighted by atomic mass is 10.2. The molecule has 0 heterocycles. The summed E-state index contributed by atoms with van der Waals surface area (Å²) in [5.74, 6) is -3.23. The third-order valence-electron chi connectivity index (χ3n) is 4.19. The summed E-state index contributed by atoms with van der Waals surface area (Å²) in [5.41, 5.74) is 0.644. The number of hydrogen-bond donors (Lipinski definition) is 4. The second-order valence-corrected chi connectivity index (χ2v) is 8.26. The SMILES string of the molecule is Cc1cc(NC(=O)C(=O)O)ccc1Oc1ccc(O)c(NS(=O)(=O)c2ccc(F)cc2)c1. The molecule has 0 bridgehead atoms. The van der Waals surface area contributed by atoms with Gasteiger partial charge in [-0.1, -0.05) is 0 Å². The number of phenolic OH excluding ortho intramolecular Hbond substituents is 1. The van der Waals surface area contributed by atoms with Gasteiger partial charge >= 0.3 is 11.9 Å². The minimum atomic E-state index is -4.09. The van der Waals surface area contributed by atoms with Crippen LogP contribution in [0.2, 0.25) is 0 Å². The molecule has 0 spiro atoms. The van der Waals surface area contributed by atoms with Gasteiger partial charge in [-0.25, -0.2) is 17.6 Å². The molecule has 166 valence electrons. The summed E-state index contributed by atoms with van der Waals surface area (Å²) in [6.07, 6.45) is 0. The molecule has 0 aliphatic carbocycles. The van der Waals surface area contributed by atoms with Crippen LogP contribution in [0, 0.1) is 12.7 Å². The average Bonchev–Trinajstić information content (AvgIpc) is 2.72. The van der Waals surface area contributed by atoms with Gasteiger partial charge in [0.1, 0.15) is 23.1 Å². The van der Waals surface area contributed by atoms with E-state index in [1.54, 1.807) is 6.92 Å². The molecule has 3 aromatic rings. The molecule has 0 saturated carbocycles. The van der Waals surface area contributed by atoms with Crippen LogP contribution >= 0.6 is 0 Å². The van der Waals surface area contributed by atoms with Gasteiger partial charge in [0.2, 0.25) is 0 Å². The third-order valence-corrected chi connectivity index (χ3v) is 5.57. The van der Waals surface area contributed by atoms with E-state index in [0.29, 0.717) is 11.3 Å². The number of nitrogens with one attached hydrogen (secondary N) is 2. The van der Waals surface area contributed by atoms with E-state index < -0.39 is 27.7 Å². The van der Waals surface area contributed by atoms with Crippen LogP contribution in [0.15, 0.2) is 65.6 Å². The molecule has 0 radical (unpaired) electrons. The predicted octanol–water partition coefficient (Wildman–Crippen LogP) is 3.46. The topological polar surface area (TPSA) is 142 Å². The summed E-state index contributed by atoms with van der Waals surface area (Å²) >= 11 is 0. The number of ether oxygens (including phenoxy) is 1. The number of aliphatic carboxylic acids is 1. The third kappa shape index (κ3) is 5.32. The number of rotatable bonds is 6. The van der Waals surface area contributed by atoms with Crippen molar-refractivity contribution in [2.24, 2.45) is 0 Å². The van der Waals surface area contributed by atoms with Crippen molar-refractivity contribution in [2.45, 2.75) is 11.8 Å². The minimum absolute atomic E-state index is 0.158. The maximum absolute atomic E-state index is 13.1. The van der Waals surface area contributed by atoms with Crippen molar-refractivity contribution >= 4 is 33.3 Å². The van der Waals surface area contributed by atoms with Gasteiger partial charge in [0.15, 0.2) is 0 Å². The van der Waals surface area contributed by atoms with E-state index in [0.717, 1.165) is 24.3 Å². The van der Waals surface area contributed by atoms with Crippen LogP contribution < -0.4 is 14.8 Å². The molecule has 3 aromatic carbocycles. The molecule has 0 atom stereocenters. The van der Waals surface area contributed by atoms with Gasteiger partial charge in [-0.15, -0.1) is 0 Å². The Morgan fingerprint density at radius 2 is 1.69 bits per heavy atom. The number of carboxylic acids is 1. The van der Waals surface area contributed by atoms with Crippen molar-refractivity contribution in [2.75, 3.05) is 10.0 Å². The smallest absolute Gasteiger partial charge is 0.394 e. The Bertz CT molecular complexity index is 1290. The summed E-state index contributed by atoms with van der Waals surface area (Å²) in [6, 6.07) is 12.5. The first-order valence-corrected chi connectivity index (χ1v) is 10.5. The predicted molar refractivity (Wildman–Crippen MR) is 113 cm³/mol. The molecular formula is C21H17FN2O7S. The van der Waals surface area contributed by atoms with Gasteiger partial charge in [-0.05, 0) is 67.1 Å². The fourth-order valence-electron chi connectivity index (χ4n) is 2.63. The molecule has 0 saturated heterocycles. The number of aromatic hydroxyl groups is 1. The average molecular weight is 460 g/mol. The normalized spacial score (nSPS) is 10.9. The zero-order valence-electron chi connectivity index (χ0n) is 16.5. The maximum atomic E-state index is 13.1. The van der Waals surface area contributed by atoms with Gasteiger partial charge < -0.3 is 20.3 Å². The first kappa shape index (κ1) is 22.6. The van der Waals surface area contributed by atoms with Crippen LogP contribution in [0.25, 0.3) is 0 Å². The standard InChI is InChI=1S/C21H17FN2O7S/c1-12-10-14(23-20(26)21(27)28)4-9-19(12)31-15-5-8-18(25)17(11-15)24-32(29,30)16-6-2-13(22)3-7-16/h2-11,24-25H,1H3,(H,23,26)(H,27,28). The van der Waals surface area contributed by atoms with E-state index in [1.165, 1.54) is 36.4 Å². The monoisotopic (exact) mass is 460 g/mol. The molecule has 11 heteroatoms. The number of anilines is 2. The fourth-order valence-corrected chi connectivity index (χ4v) is 3.70. The Morgan fingerprint density at radius 3 is 2.31 bits per heavy atom. The van der Waals surface area contributed by atoms with Crippen molar-refractivity contribution in [3.8, 4) is 17.2 Å². The fraction of sp³-hybridized carbons (Fsp3) is 0.0476. The molecule has 3 rings (SSSR count). The zero-order valence-corrected chi connectivity index (χ0v) is 17.3. The van der Waals surface area contributed by atoms with Crippen LogP contribution in [0.5, 0.6) is 17.2 Å². The number of halogens is 1. The molecule has 4 N–H and O–H groups in total. The summed E-state index contributed by atoms with van der Waals surface area (Å²) in [6.45, 7) is 1.66.